The Hall–Kier alpha value is -1.59. The molecule has 0 bridgehead atoms. The summed E-state index contributed by atoms with van der Waals surface area (Å²) < 4.78 is 67.9. The minimum atomic E-state index is -2.25. The number of aryl methyl sites for hydroxylation is 1. The minimum Gasteiger partial charge on any atom is -0.248 e. The van der Waals surface area contributed by atoms with E-state index in [1.54, 1.807) is 0 Å². The van der Waals surface area contributed by atoms with Gasteiger partial charge in [0.1, 0.15) is 17.2 Å². The number of rotatable bonds is 2. The van der Waals surface area contributed by atoms with Crippen LogP contribution in [0.3, 0.4) is 0 Å². The molecule has 0 aliphatic heterocycles. The van der Waals surface area contributed by atoms with Gasteiger partial charge >= 0.3 is 0 Å². The van der Waals surface area contributed by atoms with Crippen molar-refractivity contribution in [3.63, 3.8) is 0 Å². The first-order valence-electron chi connectivity index (χ1n) is 5.68. The molecule has 0 heterocycles. The zero-order chi connectivity index (χ0) is 14.2. The highest BCUT2D eigenvalue weighted by molar-refractivity contribution is 6.57. The highest BCUT2D eigenvalue weighted by Gasteiger charge is 2.35. The zero-order valence-corrected chi connectivity index (χ0v) is 10.1. The van der Waals surface area contributed by atoms with Crippen LogP contribution in [0.5, 0.6) is 0 Å². The van der Waals surface area contributed by atoms with E-state index < -0.39 is 48.0 Å². The molecule has 6 heteroatoms. The first kappa shape index (κ1) is 13.8. The standard InChI is InChI=1S/C13H10BF5/c1-7-5-9(16)10(12(18)11(7)17)14-13(19)4-2-3-8(15)6-13/h2-5,14H,6H2,1H3. The number of benzene rings is 1. The SMILES string of the molecule is Cc1cc(F)c(BC2(F)C=CC=C(F)C2)c(F)c1F. The van der Waals surface area contributed by atoms with Gasteiger partial charge in [0.15, 0.2) is 11.6 Å². The molecule has 0 aromatic heterocycles. The molecule has 1 unspecified atom stereocenters. The van der Waals surface area contributed by atoms with Crippen LogP contribution in [-0.4, -0.2) is 12.8 Å². The number of allylic oxidation sites excluding steroid dienone is 4. The molecule has 1 aromatic carbocycles. The van der Waals surface area contributed by atoms with E-state index in [4.69, 9.17) is 0 Å². The highest BCUT2D eigenvalue weighted by atomic mass is 19.2. The van der Waals surface area contributed by atoms with Crippen LogP contribution >= 0.6 is 0 Å². The lowest BCUT2D eigenvalue weighted by molar-refractivity contribution is 0.315. The second kappa shape index (κ2) is 4.83. The Morgan fingerprint density at radius 2 is 1.84 bits per heavy atom. The first-order valence-corrected chi connectivity index (χ1v) is 5.68. The molecule has 0 fully saturated rings. The van der Waals surface area contributed by atoms with Gasteiger partial charge in [-0.15, -0.1) is 0 Å². The molecule has 0 radical (unpaired) electrons. The minimum absolute atomic E-state index is 0.197. The molecule has 1 aliphatic carbocycles. The van der Waals surface area contributed by atoms with Gasteiger partial charge in [-0.05, 0) is 30.1 Å². The predicted molar refractivity (Wildman–Crippen MR) is 64.6 cm³/mol. The summed E-state index contributed by atoms with van der Waals surface area (Å²) in [6, 6.07) is 0.801. The maximum absolute atomic E-state index is 14.3. The predicted octanol–water partition coefficient (Wildman–Crippen LogP) is 2.95. The molecule has 19 heavy (non-hydrogen) atoms. The van der Waals surface area contributed by atoms with Gasteiger partial charge in [-0.3, -0.25) is 0 Å². The Bertz CT molecular complexity index is 579. The molecule has 0 saturated carbocycles. The van der Waals surface area contributed by atoms with Crippen molar-refractivity contribution in [3.8, 4) is 0 Å². The largest absolute Gasteiger partial charge is 0.248 e. The monoisotopic (exact) mass is 272 g/mol. The molecule has 0 N–H and O–H groups in total. The lowest BCUT2D eigenvalue weighted by Gasteiger charge is -2.23. The van der Waals surface area contributed by atoms with E-state index in [2.05, 4.69) is 0 Å². The molecule has 0 nitrogen and oxygen atoms in total. The second-order valence-corrected chi connectivity index (χ2v) is 4.64. The number of hydrogen-bond acceptors (Lipinski definition) is 0. The summed E-state index contributed by atoms with van der Waals surface area (Å²) in [6.45, 7) is 1.21. The normalized spacial score (nSPS) is 22.3. The van der Waals surface area contributed by atoms with E-state index in [1.807, 2.05) is 0 Å². The van der Waals surface area contributed by atoms with Crippen molar-refractivity contribution in [1.82, 2.24) is 0 Å². The summed E-state index contributed by atoms with van der Waals surface area (Å²) in [6.07, 6.45) is 2.62. The molecule has 1 aliphatic rings. The molecular formula is C13H10BF5. The van der Waals surface area contributed by atoms with Crippen molar-refractivity contribution in [1.29, 1.82) is 0 Å². The third-order valence-electron chi connectivity index (χ3n) is 3.04. The maximum Gasteiger partial charge on any atom is 0.217 e. The van der Waals surface area contributed by atoms with E-state index in [1.165, 1.54) is 6.92 Å². The maximum atomic E-state index is 14.3. The van der Waals surface area contributed by atoms with Gasteiger partial charge in [0, 0.05) is 6.42 Å². The van der Waals surface area contributed by atoms with E-state index in [0.29, 0.717) is 0 Å². The van der Waals surface area contributed by atoms with Crippen LogP contribution in [0, 0.1) is 24.4 Å². The van der Waals surface area contributed by atoms with Gasteiger partial charge in [-0.1, -0.05) is 12.2 Å². The van der Waals surface area contributed by atoms with Gasteiger partial charge in [-0.25, -0.2) is 22.0 Å². The fraction of sp³-hybridized carbons (Fsp3) is 0.231. The Labute approximate surface area is 107 Å². The molecule has 1 aromatic rings. The van der Waals surface area contributed by atoms with Crippen LogP contribution in [0.25, 0.3) is 0 Å². The van der Waals surface area contributed by atoms with Crippen LogP contribution in [0.2, 0.25) is 0 Å². The van der Waals surface area contributed by atoms with Crippen molar-refractivity contribution in [3.05, 3.63) is 53.1 Å². The number of halogens is 5. The fourth-order valence-electron chi connectivity index (χ4n) is 2.05. The summed E-state index contributed by atoms with van der Waals surface area (Å²) in [5, 5.41) is 0. The van der Waals surface area contributed by atoms with Gasteiger partial charge < -0.3 is 0 Å². The average Bonchev–Trinajstić information content (AvgIpc) is 2.32. The summed E-state index contributed by atoms with van der Waals surface area (Å²) in [4.78, 5) is 0. The van der Waals surface area contributed by atoms with Gasteiger partial charge in [0.25, 0.3) is 0 Å². The summed E-state index contributed by atoms with van der Waals surface area (Å²) in [7, 11) is -0.750. The molecule has 0 amide bonds. The van der Waals surface area contributed by atoms with Crippen LogP contribution < -0.4 is 5.46 Å². The lowest BCUT2D eigenvalue weighted by Crippen LogP contribution is -2.41. The topological polar surface area (TPSA) is 0 Å². The second-order valence-electron chi connectivity index (χ2n) is 4.64. The average molecular weight is 272 g/mol. The van der Waals surface area contributed by atoms with Gasteiger partial charge in [0.05, 0.1) is 0 Å². The highest BCUT2D eigenvalue weighted by Crippen LogP contribution is 2.27. The van der Waals surface area contributed by atoms with Crippen LogP contribution in [0.15, 0.2) is 30.1 Å². The fourth-order valence-corrected chi connectivity index (χ4v) is 2.05. The lowest BCUT2D eigenvalue weighted by atomic mass is 9.54. The van der Waals surface area contributed by atoms with E-state index >= 15 is 0 Å². The third kappa shape index (κ3) is 2.72. The molecule has 100 valence electrons. The molecular weight excluding hydrogens is 262 g/mol. The summed E-state index contributed by atoms with van der Waals surface area (Å²) in [5.74, 6) is -4.39. The molecule has 0 spiro atoms. The number of hydrogen-bond donors (Lipinski definition) is 0. The Balaban J connectivity index is 2.37. The number of alkyl halides is 1. The zero-order valence-electron chi connectivity index (χ0n) is 10.1. The third-order valence-corrected chi connectivity index (χ3v) is 3.04. The first-order chi connectivity index (χ1) is 8.82. The Kier molecular flexibility index (Phi) is 3.52. The van der Waals surface area contributed by atoms with Crippen LogP contribution in [0.1, 0.15) is 12.0 Å². The summed E-state index contributed by atoms with van der Waals surface area (Å²) in [5.41, 5.74) is -3.15. The van der Waals surface area contributed by atoms with E-state index in [9.17, 15) is 22.0 Å². The van der Waals surface area contributed by atoms with Gasteiger partial charge in [-0.2, -0.15) is 0 Å². The molecule has 0 saturated heterocycles. The van der Waals surface area contributed by atoms with E-state index in [0.717, 1.165) is 24.3 Å². The molecule has 1 atom stereocenters. The quantitative estimate of drug-likeness (QED) is 0.441. The van der Waals surface area contributed by atoms with Crippen LogP contribution in [-0.2, 0) is 0 Å². The summed E-state index contributed by atoms with van der Waals surface area (Å²) >= 11 is 0. The van der Waals surface area contributed by atoms with Crippen molar-refractivity contribution >= 4 is 12.7 Å². The van der Waals surface area contributed by atoms with Crippen LogP contribution in [0.4, 0.5) is 22.0 Å². The van der Waals surface area contributed by atoms with E-state index in [-0.39, 0.29) is 5.56 Å². The van der Waals surface area contributed by atoms with Crippen molar-refractivity contribution in [2.45, 2.75) is 18.9 Å². The van der Waals surface area contributed by atoms with Crippen molar-refractivity contribution in [2.24, 2.45) is 0 Å². The smallest absolute Gasteiger partial charge is 0.217 e. The Morgan fingerprint density at radius 1 is 1.16 bits per heavy atom. The molecule has 2 rings (SSSR count). The van der Waals surface area contributed by atoms with Crippen molar-refractivity contribution < 1.29 is 22.0 Å². The van der Waals surface area contributed by atoms with Crippen molar-refractivity contribution in [2.75, 3.05) is 0 Å². The van der Waals surface area contributed by atoms with Gasteiger partial charge in [0.2, 0.25) is 7.28 Å². The Morgan fingerprint density at radius 3 is 2.47 bits per heavy atom.